The lowest BCUT2D eigenvalue weighted by Gasteiger charge is -2.23. The van der Waals surface area contributed by atoms with Crippen LogP contribution in [0.1, 0.15) is 38.3 Å². The maximum Gasteiger partial charge on any atom is 0.0616 e. The van der Waals surface area contributed by atoms with Crippen LogP contribution in [0.5, 0.6) is 0 Å². The Bertz CT molecular complexity index is 324. The van der Waals surface area contributed by atoms with E-state index in [1.54, 1.807) is 7.11 Å². The minimum atomic E-state index is 0.292. The Hall–Kier alpha value is -0.570. The maximum absolute atomic E-state index is 6.00. The van der Waals surface area contributed by atoms with Crippen molar-refractivity contribution in [2.75, 3.05) is 13.7 Å². The number of ether oxygens (including phenoxy) is 1. The summed E-state index contributed by atoms with van der Waals surface area (Å²) in [6.45, 7) is 5.09. The zero-order chi connectivity index (χ0) is 12.7. The van der Waals surface area contributed by atoms with Crippen LogP contribution in [0.15, 0.2) is 24.3 Å². The Morgan fingerprint density at radius 3 is 2.76 bits per heavy atom. The smallest absolute Gasteiger partial charge is 0.0616 e. The van der Waals surface area contributed by atoms with E-state index in [1.807, 2.05) is 18.2 Å². The number of benzene rings is 1. The highest BCUT2D eigenvalue weighted by atomic mass is 35.5. The Morgan fingerprint density at radius 2 is 2.18 bits per heavy atom. The van der Waals surface area contributed by atoms with E-state index in [1.165, 1.54) is 5.56 Å². The van der Waals surface area contributed by atoms with Gasteiger partial charge in [0.1, 0.15) is 0 Å². The molecule has 2 nitrogen and oxygen atoms in total. The average molecular weight is 256 g/mol. The van der Waals surface area contributed by atoms with Crippen LogP contribution < -0.4 is 5.32 Å². The summed E-state index contributed by atoms with van der Waals surface area (Å²) in [5, 5.41) is 4.37. The van der Waals surface area contributed by atoms with Crippen LogP contribution in [-0.4, -0.2) is 19.8 Å². The van der Waals surface area contributed by atoms with Crippen molar-refractivity contribution in [3.8, 4) is 0 Å². The van der Waals surface area contributed by atoms with Crippen LogP contribution in [0.25, 0.3) is 0 Å². The number of hydrogen-bond donors (Lipinski definition) is 1. The standard InChI is InChI=1S/C14H22ClNO/c1-4-6-14(10-17-3)16-11(2)12-7-5-8-13(15)9-12/h5,7-9,11,14,16H,4,6,10H2,1-3H3. The van der Waals surface area contributed by atoms with Crippen LogP contribution in [0.4, 0.5) is 0 Å². The van der Waals surface area contributed by atoms with Crippen molar-refractivity contribution in [3.63, 3.8) is 0 Å². The first-order chi connectivity index (χ1) is 8.17. The lowest BCUT2D eigenvalue weighted by molar-refractivity contribution is 0.157. The third-order valence-corrected chi connectivity index (χ3v) is 3.07. The van der Waals surface area contributed by atoms with Gasteiger partial charge < -0.3 is 10.1 Å². The van der Waals surface area contributed by atoms with Gasteiger partial charge in [-0.3, -0.25) is 0 Å². The van der Waals surface area contributed by atoms with E-state index in [-0.39, 0.29) is 0 Å². The van der Waals surface area contributed by atoms with E-state index >= 15 is 0 Å². The molecule has 2 atom stereocenters. The SMILES string of the molecule is CCCC(COC)NC(C)c1cccc(Cl)c1. The van der Waals surface area contributed by atoms with Gasteiger partial charge in [0.2, 0.25) is 0 Å². The Labute approximate surface area is 109 Å². The van der Waals surface area contributed by atoms with Crippen molar-refractivity contribution >= 4 is 11.6 Å². The lowest BCUT2D eigenvalue weighted by Crippen LogP contribution is -2.35. The molecule has 1 aromatic rings. The fraction of sp³-hybridized carbons (Fsp3) is 0.571. The van der Waals surface area contributed by atoms with Crippen LogP contribution in [0.3, 0.4) is 0 Å². The van der Waals surface area contributed by atoms with Crippen LogP contribution >= 0.6 is 11.6 Å². The first-order valence-electron chi connectivity index (χ1n) is 6.17. The molecule has 96 valence electrons. The molecule has 2 unspecified atom stereocenters. The largest absolute Gasteiger partial charge is 0.383 e. The number of rotatable bonds is 7. The molecule has 0 heterocycles. The van der Waals surface area contributed by atoms with Crippen molar-refractivity contribution < 1.29 is 4.74 Å². The summed E-state index contributed by atoms with van der Waals surface area (Å²) in [5.41, 5.74) is 1.22. The summed E-state index contributed by atoms with van der Waals surface area (Å²) in [6.07, 6.45) is 2.28. The van der Waals surface area contributed by atoms with Crippen molar-refractivity contribution in [1.29, 1.82) is 0 Å². The molecule has 0 aliphatic heterocycles. The van der Waals surface area contributed by atoms with Gasteiger partial charge in [0.05, 0.1) is 6.61 Å². The predicted octanol–water partition coefficient (Wildman–Crippen LogP) is 3.81. The predicted molar refractivity (Wildman–Crippen MR) is 73.6 cm³/mol. The molecule has 3 heteroatoms. The summed E-state index contributed by atoms with van der Waals surface area (Å²) in [7, 11) is 1.74. The third kappa shape index (κ3) is 5.07. The Morgan fingerprint density at radius 1 is 1.41 bits per heavy atom. The number of nitrogens with one attached hydrogen (secondary N) is 1. The second-order valence-corrected chi connectivity index (χ2v) is 4.82. The van der Waals surface area contributed by atoms with E-state index in [0.717, 1.165) is 24.5 Å². The summed E-state index contributed by atoms with van der Waals surface area (Å²) in [5.74, 6) is 0. The molecule has 17 heavy (non-hydrogen) atoms. The van der Waals surface area contributed by atoms with Crippen molar-refractivity contribution in [1.82, 2.24) is 5.32 Å². The molecule has 0 saturated carbocycles. The van der Waals surface area contributed by atoms with E-state index in [0.29, 0.717) is 12.1 Å². The molecule has 0 aromatic heterocycles. The van der Waals surface area contributed by atoms with E-state index in [9.17, 15) is 0 Å². The number of methoxy groups -OCH3 is 1. The molecule has 0 aliphatic carbocycles. The second-order valence-electron chi connectivity index (χ2n) is 4.38. The fourth-order valence-corrected chi connectivity index (χ4v) is 2.19. The summed E-state index contributed by atoms with van der Waals surface area (Å²) in [6, 6.07) is 8.69. The first-order valence-corrected chi connectivity index (χ1v) is 6.55. The van der Waals surface area contributed by atoms with Gasteiger partial charge in [-0.05, 0) is 31.0 Å². The third-order valence-electron chi connectivity index (χ3n) is 2.84. The van der Waals surface area contributed by atoms with Gasteiger partial charge >= 0.3 is 0 Å². The van der Waals surface area contributed by atoms with Gasteiger partial charge in [0.15, 0.2) is 0 Å². The lowest BCUT2D eigenvalue weighted by atomic mass is 10.1. The van der Waals surface area contributed by atoms with Crippen LogP contribution in [0.2, 0.25) is 5.02 Å². The van der Waals surface area contributed by atoms with E-state index in [4.69, 9.17) is 16.3 Å². The highest BCUT2D eigenvalue weighted by Crippen LogP contribution is 2.18. The van der Waals surface area contributed by atoms with E-state index < -0.39 is 0 Å². The van der Waals surface area contributed by atoms with Gasteiger partial charge in [-0.2, -0.15) is 0 Å². The van der Waals surface area contributed by atoms with E-state index in [2.05, 4.69) is 25.2 Å². The van der Waals surface area contributed by atoms with Gasteiger partial charge in [0.25, 0.3) is 0 Å². The molecule has 0 aliphatic rings. The maximum atomic E-state index is 6.00. The van der Waals surface area contributed by atoms with Crippen molar-refractivity contribution in [3.05, 3.63) is 34.9 Å². The zero-order valence-electron chi connectivity index (χ0n) is 10.9. The Kier molecular flexibility index (Phi) is 6.56. The molecule has 0 amide bonds. The molecule has 0 bridgehead atoms. The van der Waals surface area contributed by atoms with Gasteiger partial charge in [-0.15, -0.1) is 0 Å². The zero-order valence-corrected chi connectivity index (χ0v) is 11.6. The minimum Gasteiger partial charge on any atom is -0.383 e. The molecule has 1 rings (SSSR count). The topological polar surface area (TPSA) is 21.3 Å². The van der Waals surface area contributed by atoms with Crippen LogP contribution in [-0.2, 0) is 4.74 Å². The monoisotopic (exact) mass is 255 g/mol. The molecule has 0 spiro atoms. The summed E-state index contributed by atoms with van der Waals surface area (Å²) < 4.78 is 5.23. The summed E-state index contributed by atoms with van der Waals surface area (Å²) >= 11 is 6.00. The minimum absolute atomic E-state index is 0.292. The highest BCUT2D eigenvalue weighted by Gasteiger charge is 2.12. The second kappa shape index (κ2) is 7.70. The molecular weight excluding hydrogens is 234 g/mol. The van der Waals surface area contributed by atoms with Gasteiger partial charge in [-0.1, -0.05) is 37.1 Å². The molecule has 0 fully saturated rings. The van der Waals surface area contributed by atoms with Crippen molar-refractivity contribution in [2.24, 2.45) is 0 Å². The van der Waals surface area contributed by atoms with Gasteiger partial charge in [0, 0.05) is 24.2 Å². The summed E-state index contributed by atoms with van der Waals surface area (Å²) in [4.78, 5) is 0. The molecule has 0 radical (unpaired) electrons. The highest BCUT2D eigenvalue weighted by molar-refractivity contribution is 6.30. The molecule has 0 saturated heterocycles. The van der Waals surface area contributed by atoms with Crippen LogP contribution in [0, 0.1) is 0 Å². The van der Waals surface area contributed by atoms with Gasteiger partial charge in [-0.25, -0.2) is 0 Å². The Balaban J connectivity index is 2.59. The quantitative estimate of drug-likeness (QED) is 0.800. The molecule has 1 N–H and O–H groups in total. The number of halogens is 1. The molecular formula is C14H22ClNO. The average Bonchev–Trinajstić information content (AvgIpc) is 2.29. The number of hydrogen-bond acceptors (Lipinski definition) is 2. The van der Waals surface area contributed by atoms with Crippen molar-refractivity contribution in [2.45, 2.75) is 38.8 Å². The first kappa shape index (κ1) is 14.5. The normalized spacial score (nSPS) is 14.6. The molecule has 1 aromatic carbocycles. The fourth-order valence-electron chi connectivity index (χ4n) is 1.99.